The zero-order chi connectivity index (χ0) is 19.5. The number of rotatable bonds is 5. The number of hydrogen-bond donors (Lipinski definition) is 2. The van der Waals surface area contributed by atoms with Crippen LogP contribution in [0.3, 0.4) is 0 Å². The molecule has 148 valence electrons. The van der Waals surface area contributed by atoms with E-state index in [1.165, 1.54) is 0 Å². The van der Waals surface area contributed by atoms with Crippen molar-refractivity contribution in [2.24, 2.45) is 11.8 Å². The van der Waals surface area contributed by atoms with Gasteiger partial charge >= 0.3 is 0 Å². The van der Waals surface area contributed by atoms with Crippen LogP contribution in [0.4, 0.5) is 0 Å². The molecule has 2 aromatic rings. The number of carbonyl (C=O) groups is 2. The van der Waals surface area contributed by atoms with Crippen molar-refractivity contribution in [1.29, 1.82) is 0 Å². The Morgan fingerprint density at radius 1 is 1.11 bits per heavy atom. The van der Waals surface area contributed by atoms with Crippen LogP contribution in [0, 0.1) is 11.8 Å². The molecule has 0 unspecified atom stereocenters. The smallest absolute Gasteiger partial charge is 0.254 e. The van der Waals surface area contributed by atoms with Crippen LogP contribution in [0.15, 0.2) is 36.4 Å². The molecule has 2 heterocycles. The van der Waals surface area contributed by atoms with Crippen molar-refractivity contribution in [2.45, 2.75) is 12.8 Å². The van der Waals surface area contributed by atoms with Gasteiger partial charge in [-0.15, -0.1) is 0 Å². The summed E-state index contributed by atoms with van der Waals surface area (Å²) >= 11 is 0. The Bertz CT molecular complexity index is 870. The second kappa shape index (κ2) is 8.19. The van der Waals surface area contributed by atoms with E-state index >= 15 is 0 Å². The van der Waals surface area contributed by atoms with Gasteiger partial charge in [-0.3, -0.25) is 9.59 Å². The van der Waals surface area contributed by atoms with E-state index in [0.29, 0.717) is 37.4 Å². The highest BCUT2D eigenvalue weighted by Gasteiger charge is 2.29. The standard InChI is InChI=1S/C22H27N3O3/c1-28-20-7-6-19(17-4-2-3-5-18(17)20)22(27)25-10-8-16(9-11-25)21(26)24-14-15-12-23-13-15/h2-7,15-16,23H,8-14H2,1H3,(H,24,26). The van der Waals surface area contributed by atoms with Crippen molar-refractivity contribution < 1.29 is 14.3 Å². The largest absolute Gasteiger partial charge is 0.496 e. The van der Waals surface area contributed by atoms with Crippen LogP contribution in [0.25, 0.3) is 10.8 Å². The molecule has 28 heavy (non-hydrogen) atoms. The van der Waals surface area contributed by atoms with Crippen molar-refractivity contribution in [3.05, 3.63) is 42.0 Å². The maximum Gasteiger partial charge on any atom is 0.254 e. The van der Waals surface area contributed by atoms with E-state index in [-0.39, 0.29) is 17.7 Å². The van der Waals surface area contributed by atoms with Crippen molar-refractivity contribution in [3.63, 3.8) is 0 Å². The van der Waals surface area contributed by atoms with Crippen LogP contribution in [0.2, 0.25) is 0 Å². The quantitative estimate of drug-likeness (QED) is 0.832. The number of benzene rings is 2. The summed E-state index contributed by atoms with van der Waals surface area (Å²) in [6, 6.07) is 11.5. The number of likely N-dealkylation sites (tertiary alicyclic amines) is 1. The molecular formula is C22H27N3O3. The summed E-state index contributed by atoms with van der Waals surface area (Å²) < 4.78 is 5.43. The molecular weight excluding hydrogens is 354 g/mol. The number of methoxy groups -OCH3 is 1. The minimum absolute atomic E-state index is 0.00435. The Balaban J connectivity index is 1.40. The number of nitrogens with zero attached hydrogens (tertiary/aromatic N) is 1. The summed E-state index contributed by atoms with van der Waals surface area (Å²) in [5.41, 5.74) is 0.691. The molecule has 6 nitrogen and oxygen atoms in total. The summed E-state index contributed by atoms with van der Waals surface area (Å²) in [4.78, 5) is 27.4. The zero-order valence-corrected chi connectivity index (χ0v) is 16.2. The zero-order valence-electron chi connectivity index (χ0n) is 16.2. The first-order chi connectivity index (χ1) is 13.7. The fourth-order valence-electron chi connectivity index (χ4n) is 4.03. The highest BCUT2D eigenvalue weighted by atomic mass is 16.5. The predicted molar refractivity (Wildman–Crippen MR) is 108 cm³/mol. The lowest BCUT2D eigenvalue weighted by Gasteiger charge is -2.33. The van der Waals surface area contributed by atoms with Crippen LogP contribution < -0.4 is 15.4 Å². The Morgan fingerprint density at radius 2 is 1.82 bits per heavy atom. The van der Waals surface area contributed by atoms with E-state index in [1.807, 2.05) is 41.3 Å². The molecule has 0 aliphatic carbocycles. The first-order valence-electron chi connectivity index (χ1n) is 10.0. The number of amides is 2. The van der Waals surface area contributed by atoms with Crippen LogP contribution in [-0.2, 0) is 4.79 Å². The lowest BCUT2D eigenvalue weighted by Crippen LogP contribution is -2.50. The van der Waals surface area contributed by atoms with Crippen molar-refractivity contribution in [2.75, 3.05) is 39.8 Å². The molecule has 2 fully saturated rings. The Hall–Kier alpha value is -2.60. The first-order valence-corrected chi connectivity index (χ1v) is 10.0. The summed E-state index contributed by atoms with van der Waals surface area (Å²) in [6.07, 6.45) is 1.43. The number of nitrogens with one attached hydrogen (secondary N) is 2. The van der Waals surface area contributed by atoms with Crippen molar-refractivity contribution in [1.82, 2.24) is 15.5 Å². The molecule has 2 aliphatic heterocycles. The first kappa shape index (κ1) is 18.7. The molecule has 0 aromatic heterocycles. The van der Waals surface area contributed by atoms with Gasteiger partial charge in [-0.1, -0.05) is 24.3 Å². The van der Waals surface area contributed by atoms with Crippen molar-refractivity contribution in [3.8, 4) is 5.75 Å². The van der Waals surface area contributed by atoms with E-state index in [4.69, 9.17) is 4.74 Å². The highest BCUT2D eigenvalue weighted by molar-refractivity contribution is 6.08. The maximum atomic E-state index is 13.1. The maximum absolute atomic E-state index is 13.1. The second-order valence-corrected chi connectivity index (χ2v) is 7.70. The predicted octanol–water partition coefficient (Wildman–Crippen LogP) is 2.04. The van der Waals surface area contributed by atoms with Crippen LogP contribution in [0.5, 0.6) is 5.75 Å². The van der Waals surface area contributed by atoms with Gasteiger partial charge < -0.3 is 20.3 Å². The highest BCUT2D eigenvalue weighted by Crippen LogP contribution is 2.30. The van der Waals surface area contributed by atoms with Gasteiger partial charge in [0.05, 0.1) is 7.11 Å². The van der Waals surface area contributed by atoms with E-state index in [9.17, 15) is 9.59 Å². The third-order valence-corrected chi connectivity index (χ3v) is 5.92. The lowest BCUT2D eigenvalue weighted by atomic mass is 9.94. The van der Waals surface area contributed by atoms with Crippen LogP contribution in [0.1, 0.15) is 23.2 Å². The molecule has 2 saturated heterocycles. The van der Waals surface area contributed by atoms with E-state index in [0.717, 1.165) is 36.2 Å². The monoisotopic (exact) mass is 381 g/mol. The van der Waals surface area contributed by atoms with Gasteiger partial charge in [-0.25, -0.2) is 0 Å². The average molecular weight is 381 g/mol. The topological polar surface area (TPSA) is 70.7 Å². The van der Waals surface area contributed by atoms with Gasteiger partial charge in [0.15, 0.2) is 0 Å². The van der Waals surface area contributed by atoms with Gasteiger partial charge in [0, 0.05) is 55.5 Å². The van der Waals surface area contributed by atoms with E-state index in [1.54, 1.807) is 7.11 Å². The summed E-state index contributed by atoms with van der Waals surface area (Å²) in [7, 11) is 1.64. The number of hydrogen-bond acceptors (Lipinski definition) is 4. The van der Waals surface area contributed by atoms with Crippen LogP contribution >= 0.6 is 0 Å². The molecule has 0 bridgehead atoms. The average Bonchev–Trinajstić information content (AvgIpc) is 2.71. The van der Waals surface area contributed by atoms with Crippen molar-refractivity contribution >= 4 is 22.6 Å². The van der Waals surface area contributed by atoms with Gasteiger partial charge in [-0.05, 0) is 30.4 Å². The molecule has 2 aliphatic rings. The molecule has 0 radical (unpaired) electrons. The fourth-order valence-corrected chi connectivity index (χ4v) is 4.03. The molecule has 4 rings (SSSR count). The number of ether oxygens (including phenoxy) is 1. The number of fused-ring (bicyclic) bond motifs is 1. The normalized spacial score (nSPS) is 18.0. The minimum Gasteiger partial charge on any atom is -0.496 e. The third kappa shape index (κ3) is 3.69. The molecule has 0 spiro atoms. The minimum atomic E-state index is 0.00435. The molecule has 0 atom stereocenters. The number of carbonyl (C=O) groups excluding carboxylic acids is 2. The van der Waals surface area contributed by atoms with Crippen LogP contribution in [-0.4, -0.2) is 56.5 Å². The molecule has 2 amide bonds. The lowest BCUT2D eigenvalue weighted by molar-refractivity contribution is -0.126. The molecule has 2 N–H and O–H groups in total. The van der Waals surface area contributed by atoms with Gasteiger partial charge in [0.1, 0.15) is 5.75 Å². The van der Waals surface area contributed by atoms with E-state index < -0.39 is 0 Å². The van der Waals surface area contributed by atoms with Gasteiger partial charge in [-0.2, -0.15) is 0 Å². The third-order valence-electron chi connectivity index (χ3n) is 5.92. The molecule has 0 saturated carbocycles. The summed E-state index contributed by atoms with van der Waals surface area (Å²) in [5.74, 6) is 1.50. The second-order valence-electron chi connectivity index (χ2n) is 7.70. The molecule has 6 heteroatoms. The van der Waals surface area contributed by atoms with Gasteiger partial charge in [0.2, 0.25) is 5.91 Å². The SMILES string of the molecule is COc1ccc(C(=O)N2CCC(C(=O)NCC3CNC3)CC2)c2ccccc12. The Kier molecular flexibility index (Phi) is 5.48. The number of piperidine rings is 1. The Morgan fingerprint density at radius 3 is 2.46 bits per heavy atom. The molecule has 2 aromatic carbocycles. The fraction of sp³-hybridized carbons (Fsp3) is 0.455. The summed E-state index contributed by atoms with van der Waals surface area (Å²) in [5, 5.41) is 8.13. The Labute approximate surface area is 165 Å². The van der Waals surface area contributed by atoms with Gasteiger partial charge in [0.25, 0.3) is 5.91 Å². The van der Waals surface area contributed by atoms with E-state index in [2.05, 4.69) is 10.6 Å². The summed E-state index contributed by atoms with van der Waals surface area (Å²) in [6.45, 7) is 3.96.